The van der Waals surface area contributed by atoms with Gasteiger partial charge in [-0.3, -0.25) is 9.59 Å². The molecule has 36 heavy (non-hydrogen) atoms. The molecule has 7 nitrogen and oxygen atoms in total. The van der Waals surface area contributed by atoms with Crippen molar-refractivity contribution < 1.29 is 24.2 Å². The van der Waals surface area contributed by atoms with Crippen LogP contribution < -0.4 is 15.4 Å². The van der Waals surface area contributed by atoms with Gasteiger partial charge < -0.3 is 20.5 Å². The Kier molecular flexibility index (Phi) is 9.94. The maximum Gasteiger partial charge on any atom is 0.336 e. The second kappa shape index (κ2) is 13.3. The predicted octanol–water partition coefficient (Wildman–Crippen LogP) is 6.33. The minimum Gasteiger partial charge on any atom is -0.494 e. The van der Waals surface area contributed by atoms with E-state index in [2.05, 4.69) is 17.6 Å². The van der Waals surface area contributed by atoms with Crippen LogP contribution in [0.2, 0.25) is 0 Å². The largest absolute Gasteiger partial charge is 0.494 e. The molecule has 0 saturated heterocycles. The highest BCUT2D eigenvalue weighted by atomic mass is 32.2. The van der Waals surface area contributed by atoms with E-state index in [-0.39, 0.29) is 22.3 Å². The monoisotopic (exact) mass is 506 g/mol. The number of amides is 2. The normalized spacial score (nSPS) is 11.4. The molecule has 1 atom stereocenters. The third-order valence-corrected chi connectivity index (χ3v) is 6.68. The predicted molar refractivity (Wildman–Crippen MR) is 143 cm³/mol. The van der Waals surface area contributed by atoms with E-state index in [1.165, 1.54) is 23.9 Å². The number of aromatic carboxylic acids is 1. The lowest BCUT2D eigenvalue weighted by Crippen LogP contribution is -2.24. The molecule has 3 aromatic rings. The van der Waals surface area contributed by atoms with Crippen molar-refractivity contribution in [1.29, 1.82) is 0 Å². The number of ether oxygens (including phenoxy) is 1. The molecular formula is C28H30N2O5S. The number of rotatable bonds is 12. The standard InChI is InChI=1S/C28H30N2O5S/c1-3-5-17-35-21-15-13-19(14-16-21)29-27(32)25(4-2)36-22-10-8-9-20(18-22)30-26(31)23-11-6-7-12-24(23)28(33)34/h6-16,18,25H,3-5,17H2,1-2H3,(H,29,32)(H,30,31)(H,33,34). The highest BCUT2D eigenvalue weighted by molar-refractivity contribution is 8.00. The summed E-state index contributed by atoms with van der Waals surface area (Å²) in [6.07, 6.45) is 2.67. The first-order valence-electron chi connectivity index (χ1n) is 11.8. The van der Waals surface area contributed by atoms with Gasteiger partial charge in [0.15, 0.2) is 0 Å². The highest BCUT2D eigenvalue weighted by Crippen LogP contribution is 2.29. The molecule has 2 amide bonds. The van der Waals surface area contributed by atoms with Crippen molar-refractivity contribution in [2.24, 2.45) is 0 Å². The van der Waals surface area contributed by atoms with E-state index in [9.17, 15) is 19.5 Å². The van der Waals surface area contributed by atoms with Crippen LogP contribution in [-0.2, 0) is 4.79 Å². The Morgan fingerprint density at radius 1 is 0.889 bits per heavy atom. The van der Waals surface area contributed by atoms with Crippen molar-refractivity contribution in [2.75, 3.05) is 17.2 Å². The van der Waals surface area contributed by atoms with Gasteiger partial charge in [-0.25, -0.2) is 4.79 Å². The maximum atomic E-state index is 12.9. The van der Waals surface area contributed by atoms with Gasteiger partial charge in [0, 0.05) is 16.3 Å². The fraction of sp³-hybridized carbons (Fsp3) is 0.250. The fourth-order valence-corrected chi connectivity index (χ4v) is 4.40. The first-order chi connectivity index (χ1) is 17.4. The lowest BCUT2D eigenvalue weighted by atomic mass is 10.1. The van der Waals surface area contributed by atoms with Gasteiger partial charge in [-0.15, -0.1) is 11.8 Å². The molecule has 0 spiro atoms. The third-order valence-electron chi connectivity index (χ3n) is 5.32. The van der Waals surface area contributed by atoms with Crippen LogP contribution in [-0.4, -0.2) is 34.7 Å². The number of nitrogens with one attached hydrogen (secondary N) is 2. The van der Waals surface area contributed by atoms with Crippen LogP contribution in [0.3, 0.4) is 0 Å². The number of thioether (sulfide) groups is 1. The van der Waals surface area contributed by atoms with Gasteiger partial charge in [-0.2, -0.15) is 0 Å². The summed E-state index contributed by atoms with van der Waals surface area (Å²) < 4.78 is 5.66. The van der Waals surface area contributed by atoms with Gasteiger partial charge in [0.25, 0.3) is 5.91 Å². The van der Waals surface area contributed by atoms with Gasteiger partial charge in [-0.1, -0.05) is 38.5 Å². The summed E-state index contributed by atoms with van der Waals surface area (Å²) in [5, 5.41) is 14.7. The summed E-state index contributed by atoms with van der Waals surface area (Å²) in [6.45, 7) is 4.72. The summed E-state index contributed by atoms with van der Waals surface area (Å²) in [7, 11) is 0. The Morgan fingerprint density at radius 3 is 2.28 bits per heavy atom. The van der Waals surface area contributed by atoms with E-state index in [1.807, 2.05) is 37.3 Å². The fourth-order valence-electron chi connectivity index (χ4n) is 3.39. The van der Waals surface area contributed by atoms with Crippen LogP contribution in [0.15, 0.2) is 77.7 Å². The second-order valence-corrected chi connectivity index (χ2v) is 9.34. The second-order valence-electron chi connectivity index (χ2n) is 8.06. The van der Waals surface area contributed by atoms with E-state index in [4.69, 9.17) is 4.74 Å². The zero-order valence-electron chi connectivity index (χ0n) is 20.3. The van der Waals surface area contributed by atoms with Crippen LogP contribution >= 0.6 is 11.8 Å². The molecule has 0 heterocycles. The molecule has 0 aliphatic heterocycles. The molecule has 0 bridgehead atoms. The van der Waals surface area contributed by atoms with Crippen LogP contribution in [0.1, 0.15) is 53.8 Å². The topological polar surface area (TPSA) is 105 Å². The zero-order valence-corrected chi connectivity index (χ0v) is 21.1. The molecule has 0 aliphatic carbocycles. The molecule has 0 fully saturated rings. The van der Waals surface area contributed by atoms with Crippen LogP contribution in [0.25, 0.3) is 0 Å². The molecule has 1 unspecified atom stereocenters. The molecule has 0 aliphatic rings. The number of benzene rings is 3. The number of anilines is 2. The van der Waals surface area contributed by atoms with Gasteiger partial charge in [-0.05, 0) is 67.4 Å². The molecule has 3 aromatic carbocycles. The SMILES string of the molecule is CCCCOc1ccc(NC(=O)C(CC)Sc2cccc(NC(=O)c3ccccc3C(=O)O)c2)cc1. The maximum absolute atomic E-state index is 12.9. The van der Waals surface area contributed by atoms with Gasteiger partial charge in [0.1, 0.15) is 5.75 Å². The minimum absolute atomic E-state index is 0.0659. The van der Waals surface area contributed by atoms with E-state index < -0.39 is 11.9 Å². The summed E-state index contributed by atoms with van der Waals surface area (Å²) >= 11 is 1.40. The van der Waals surface area contributed by atoms with E-state index in [0.717, 1.165) is 23.5 Å². The molecule has 8 heteroatoms. The Bertz CT molecular complexity index is 1200. The lowest BCUT2D eigenvalue weighted by Gasteiger charge is -2.16. The average Bonchev–Trinajstić information content (AvgIpc) is 2.88. The van der Waals surface area contributed by atoms with Crippen molar-refractivity contribution in [3.05, 3.63) is 83.9 Å². The van der Waals surface area contributed by atoms with Crippen molar-refractivity contribution in [3.63, 3.8) is 0 Å². The van der Waals surface area contributed by atoms with Crippen molar-refractivity contribution in [1.82, 2.24) is 0 Å². The molecule has 0 aromatic heterocycles. The summed E-state index contributed by atoms with van der Waals surface area (Å²) in [6, 6.07) is 20.5. The molecule has 0 saturated carbocycles. The number of carbonyl (C=O) groups excluding carboxylic acids is 2. The Hall–Kier alpha value is -3.78. The first-order valence-corrected chi connectivity index (χ1v) is 12.7. The number of hydrogen-bond acceptors (Lipinski definition) is 5. The lowest BCUT2D eigenvalue weighted by molar-refractivity contribution is -0.115. The number of hydrogen-bond donors (Lipinski definition) is 3. The first kappa shape index (κ1) is 26.8. The van der Waals surface area contributed by atoms with Crippen LogP contribution in [0.5, 0.6) is 5.75 Å². The molecular weight excluding hydrogens is 476 g/mol. The summed E-state index contributed by atoms with van der Waals surface area (Å²) in [5.41, 5.74) is 1.22. The number of unbranched alkanes of at least 4 members (excludes halogenated alkanes) is 1. The Labute approximate surface area is 215 Å². The van der Waals surface area contributed by atoms with Gasteiger partial charge in [0.2, 0.25) is 5.91 Å². The zero-order chi connectivity index (χ0) is 25.9. The minimum atomic E-state index is -1.17. The van der Waals surface area contributed by atoms with E-state index >= 15 is 0 Å². The molecule has 3 rings (SSSR count). The number of carboxylic acids is 1. The summed E-state index contributed by atoms with van der Waals surface area (Å²) in [5.74, 6) is -1.03. The van der Waals surface area contributed by atoms with E-state index in [1.54, 1.807) is 30.3 Å². The van der Waals surface area contributed by atoms with E-state index in [0.29, 0.717) is 24.4 Å². The average molecular weight is 507 g/mol. The number of carboxylic acid groups (broad SMARTS) is 1. The Balaban J connectivity index is 1.62. The molecule has 0 radical (unpaired) electrons. The van der Waals surface area contributed by atoms with Crippen molar-refractivity contribution in [3.8, 4) is 5.75 Å². The van der Waals surface area contributed by atoms with Crippen molar-refractivity contribution >= 4 is 40.9 Å². The molecule has 188 valence electrons. The van der Waals surface area contributed by atoms with Crippen molar-refractivity contribution in [2.45, 2.75) is 43.3 Å². The molecule has 3 N–H and O–H groups in total. The smallest absolute Gasteiger partial charge is 0.336 e. The Morgan fingerprint density at radius 2 is 1.61 bits per heavy atom. The number of carbonyl (C=O) groups is 3. The highest BCUT2D eigenvalue weighted by Gasteiger charge is 2.19. The van der Waals surface area contributed by atoms with Gasteiger partial charge in [0.05, 0.1) is 23.0 Å². The quantitative estimate of drug-likeness (QED) is 0.196. The van der Waals surface area contributed by atoms with Crippen LogP contribution in [0, 0.1) is 0 Å². The van der Waals surface area contributed by atoms with Crippen LogP contribution in [0.4, 0.5) is 11.4 Å². The third kappa shape index (κ3) is 7.61. The summed E-state index contributed by atoms with van der Waals surface area (Å²) in [4.78, 5) is 37.8. The van der Waals surface area contributed by atoms with Gasteiger partial charge >= 0.3 is 5.97 Å².